The summed E-state index contributed by atoms with van der Waals surface area (Å²) in [4.78, 5) is 6.63. The monoisotopic (exact) mass is 267 g/mol. The molecule has 0 spiro atoms. The topological polar surface area (TPSA) is 60.6 Å². The molecule has 19 heavy (non-hydrogen) atoms. The number of nitrogens with two attached hydrogens (primary N) is 1. The van der Waals surface area contributed by atoms with Crippen molar-refractivity contribution < 1.29 is 9.47 Å². The van der Waals surface area contributed by atoms with Gasteiger partial charge in [0.15, 0.2) is 0 Å². The van der Waals surface area contributed by atoms with Crippen LogP contribution in [-0.2, 0) is 9.47 Å². The van der Waals surface area contributed by atoms with Crippen molar-refractivity contribution in [3.8, 4) is 0 Å². The minimum atomic E-state index is 0.0185. The van der Waals surface area contributed by atoms with Gasteiger partial charge in [0.05, 0.1) is 6.61 Å². The van der Waals surface area contributed by atoms with E-state index in [1.54, 1.807) is 14.2 Å². The number of anilines is 1. The molecule has 0 bridgehead atoms. The second-order valence-corrected chi connectivity index (χ2v) is 4.56. The lowest BCUT2D eigenvalue weighted by Crippen LogP contribution is -2.30. The summed E-state index contributed by atoms with van der Waals surface area (Å²) >= 11 is 0. The van der Waals surface area contributed by atoms with Crippen LogP contribution in [0.15, 0.2) is 18.3 Å². The smallest absolute Gasteiger partial charge is 0.128 e. The third kappa shape index (κ3) is 5.55. The first kappa shape index (κ1) is 15.9. The van der Waals surface area contributed by atoms with Gasteiger partial charge in [-0.15, -0.1) is 0 Å². The lowest BCUT2D eigenvalue weighted by Gasteiger charge is -2.24. The van der Waals surface area contributed by atoms with Crippen molar-refractivity contribution in [2.45, 2.75) is 19.4 Å². The first-order valence-electron chi connectivity index (χ1n) is 6.63. The molecule has 0 aliphatic heterocycles. The first-order chi connectivity index (χ1) is 9.19. The molecule has 1 rings (SSSR count). The Labute approximate surface area is 115 Å². The second kappa shape index (κ2) is 8.85. The molecule has 0 radical (unpaired) electrons. The Balaban J connectivity index is 2.74. The van der Waals surface area contributed by atoms with E-state index in [0.717, 1.165) is 37.5 Å². The molecule has 0 aromatic carbocycles. The molecule has 0 amide bonds. The summed E-state index contributed by atoms with van der Waals surface area (Å²) in [6.45, 7) is 5.11. The molecule has 0 aliphatic rings. The Morgan fingerprint density at radius 1 is 1.26 bits per heavy atom. The molecule has 1 aromatic rings. The summed E-state index contributed by atoms with van der Waals surface area (Å²) in [5, 5.41) is 0. The maximum Gasteiger partial charge on any atom is 0.128 e. The van der Waals surface area contributed by atoms with Crippen molar-refractivity contribution in [2.24, 2.45) is 5.73 Å². The number of pyridine rings is 1. The van der Waals surface area contributed by atoms with Crippen molar-refractivity contribution in [3.05, 3.63) is 23.9 Å². The van der Waals surface area contributed by atoms with Gasteiger partial charge in [-0.3, -0.25) is 0 Å². The van der Waals surface area contributed by atoms with Crippen LogP contribution in [0, 0.1) is 0 Å². The Hall–Kier alpha value is -1.17. The highest BCUT2D eigenvalue weighted by molar-refractivity contribution is 5.41. The van der Waals surface area contributed by atoms with Crippen LogP contribution in [0.25, 0.3) is 0 Å². The Morgan fingerprint density at radius 3 is 2.63 bits per heavy atom. The number of hydrogen-bond acceptors (Lipinski definition) is 5. The van der Waals surface area contributed by atoms with Crippen LogP contribution in [0.4, 0.5) is 5.82 Å². The van der Waals surface area contributed by atoms with E-state index < -0.39 is 0 Å². The van der Waals surface area contributed by atoms with Crippen LogP contribution in [-0.4, -0.2) is 45.5 Å². The lowest BCUT2D eigenvalue weighted by atomic mass is 10.1. The van der Waals surface area contributed by atoms with Gasteiger partial charge in [-0.05, 0) is 31.0 Å². The quantitative estimate of drug-likeness (QED) is 0.688. The maximum absolute atomic E-state index is 5.91. The molecule has 0 unspecified atom stereocenters. The third-order valence-corrected chi connectivity index (χ3v) is 2.96. The Kier molecular flexibility index (Phi) is 7.40. The fourth-order valence-electron chi connectivity index (χ4n) is 1.83. The van der Waals surface area contributed by atoms with Crippen molar-refractivity contribution >= 4 is 5.82 Å². The number of methoxy groups -OCH3 is 2. The number of hydrogen-bond donors (Lipinski definition) is 1. The zero-order valence-electron chi connectivity index (χ0n) is 12.1. The highest BCUT2D eigenvalue weighted by Crippen LogP contribution is 2.17. The highest BCUT2D eigenvalue weighted by atomic mass is 16.5. The number of nitrogens with zero attached hydrogens (tertiary/aromatic N) is 2. The first-order valence-corrected chi connectivity index (χ1v) is 6.63. The summed E-state index contributed by atoms with van der Waals surface area (Å²) in [6.07, 6.45) is 2.77. The van der Waals surface area contributed by atoms with Crippen LogP contribution >= 0.6 is 0 Å². The molecule has 0 saturated heterocycles. The molecule has 5 heteroatoms. The molecular weight excluding hydrogens is 242 g/mol. The van der Waals surface area contributed by atoms with Crippen LogP contribution in [0.2, 0.25) is 0 Å². The van der Waals surface area contributed by atoms with E-state index in [2.05, 4.69) is 9.88 Å². The van der Waals surface area contributed by atoms with Crippen LogP contribution in [0.1, 0.15) is 24.9 Å². The maximum atomic E-state index is 5.91. The molecular formula is C14H25N3O2. The zero-order valence-corrected chi connectivity index (χ0v) is 12.1. The molecule has 0 fully saturated rings. The van der Waals surface area contributed by atoms with E-state index in [1.807, 2.05) is 25.3 Å². The van der Waals surface area contributed by atoms with Gasteiger partial charge in [0.25, 0.3) is 0 Å². The average molecular weight is 267 g/mol. The summed E-state index contributed by atoms with van der Waals surface area (Å²) in [5.41, 5.74) is 7.01. The second-order valence-electron chi connectivity index (χ2n) is 4.56. The van der Waals surface area contributed by atoms with Gasteiger partial charge in [0.2, 0.25) is 0 Å². The molecule has 0 aliphatic carbocycles. The fourth-order valence-corrected chi connectivity index (χ4v) is 1.83. The van der Waals surface area contributed by atoms with Crippen molar-refractivity contribution in [1.82, 2.24) is 4.98 Å². The predicted octanol–water partition coefficient (Wildman–Crippen LogP) is 1.59. The normalized spacial score (nSPS) is 12.4. The fraction of sp³-hybridized carbons (Fsp3) is 0.643. The average Bonchev–Trinajstić information content (AvgIpc) is 2.43. The van der Waals surface area contributed by atoms with Crippen LogP contribution in [0.5, 0.6) is 0 Å². The third-order valence-electron chi connectivity index (χ3n) is 2.96. The Morgan fingerprint density at radius 2 is 2.00 bits per heavy atom. The Bertz CT molecular complexity index is 358. The van der Waals surface area contributed by atoms with Gasteiger partial charge in [-0.2, -0.15) is 0 Å². The van der Waals surface area contributed by atoms with Gasteiger partial charge in [0, 0.05) is 46.2 Å². The van der Waals surface area contributed by atoms with Gasteiger partial charge < -0.3 is 20.1 Å². The van der Waals surface area contributed by atoms with Gasteiger partial charge in [0.1, 0.15) is 5.82 Å². The zero-order chi connectivity index (χ0) is 14.1. The SMILES string of the molecule is COCCCN(CCOC)c1cc([C@@H](C)N)ccn1. The largest absolute Gasteiger partial charge is 0.385 e. The summed E-state index contributed by atoms with van der Waals surface area (Å²) in [6, 6.07) is 4.02. The lowest BCUT2D eigenvalue weighted by molar-refractivity contribution is 0.191. The van der Waals surface area contributed by atoms with E-state index in [0.29, 0.717) is 6.61 Å². The molecule has 108 valence electrons. The standard InChI is InChI=1S/C14H25N3O2/c1-12(15)13-5-6-16-14(11-13)17(8-10-19-3)7-4-9-18-2/h5-6,11-12H,4,7-10,15H2,1-3H3/t12-/m1/s1. The van der Waals surface area contributed by atoms with E-state index in [1.165, 1.54) is 0 Å². The van der Waals surface area contributed by atoms with E-state index in [4.69, 9.17) is 15.2 Å². The van der Waals surface area contributed by atoms with Gasteiger partial charge in [-0.25, -0.2) is 4.98 Å². The number of ether oxygens (including phenoxy) is 2. The van der Waals surface area contributed by atoms with E-state index >= 15 is 0 Å². The molecule has 2 N–H and O–H groups in total. The number of aromatic nitrogens is 1. The van der Waals surface area contributed by atoms with Gasteiger partial charge >= 0.3 is 0 Å². The van der Waals surface area contributed by atoms with E-state index in [-0.39, 0.29) is 6.04 Å². The summed E-state index contributed by atoms with van der Waals surface area (Å²) < 4.78 is 10.2. The predicted molar refractivity (Wildman–Crippen MR) is 77.4 cm³/mol. The van der Waals surface area contributed by atoms with Crippen LogP contribution < -0.4 is 10.6 Å². The van der Waals surface area contributed by atoms with Gasteiger partial charge in [-0.1, -0.05) is 0 Å². The van der Waals surface area contributed by atoms with Crippen molar-refractivity contribution in [3.63, 3.8) is 0 Å². The molecule has 5 nitrogen and oxygen atoms in total. The minimum Gasteiger partial charge on any atom is -0.385 e. The highest BCUT2D eigenvalue weighted by Gasteiger charge is 2.09. The van der Waals surface area contributed by atoms with Crippen molar-refractivity contribution in [1.29, 1.82) is 0 Å². The number of rotatable bonds is 9. The molecule has 1 aromatic heterocycles. The molecule has 0 saturated carbocycles. The summed E-state index contributed by atoms with van der Waals surface area (Å²) in [5.74, 6) is 0.947. The molecule has 1 heterocycles. The molecule has 1 atom stereocenters. The van der Waals surface area contributed by atoms with Crippen LogP contribution in [0.3, 0.4) is 0 Å². The van der Waals surface area contributed by atoms with E-state index in [9.17, 15) is 0 Å². The minimum absolute atomic E-state index is 0.0185. The van der Waals surface area contributed by atoms with Crippen molar-refractivity contribution in [2.75, 3.05) is 45.4 Å². The summed E-state index contributed by atoms with van der Waals surface area (Å²) in [7, 11) is 3.42.